The maximum atomic E-state index is 12.8. The smallest absolute Gasteiger partial charge is 0.343 e. The van der Waals surface area contributed by atoms with Crippen molar-refractivity contribution in [3.63, 3.8) is 0 Å². The lowest BCUT2D eigenvalue weighted by Gasteiger charge is -2.20. The number of thioether (sulfide) groups is 1. The van der Waals surface area contributed by atoms with E-state index in [0.717, 1.165) is 11.1 Å². The van der Waals surface area contributed by atoms with E-state index in [4.69, 9.17) is 14.9 Å². The van der Waals surface area contributed by atoms with Gasteiger partial charge in [0.05, 0.1) is 17.7 Å². The normalized spacial score (nSPS) is 15.8. The van der Waals surface area contributed by atoms with Gasteiger partial charge in [-0.1, -0.05) is 23.8 Å². The van der Waals surface area contributed by atoms with Gasteiger partial charge >= 0.3 is 5.97 Å². The van der Waals surface area contributed by atoms with Crippen LogP contribution in [0.5, 0.6) is 11.5 Å². The molecular weight excluding hydrogens is 490 g/mol. The molecule has 2 aliphatic heterocycles. The molecule has 0 bridgehead atoms. The average molecular weight is 512 g/mol. The summed E-state index contributed by atoms with van der Waals surface area (Å²) in [5.74, 6) is -0.549. The summed E-state index contributed by atoms with van der Waals surface area (Å²) in [4.78, 5) is 33.6. The highest BCUT2D eigenvalue weighted by Crippen LogP contribution is 2.33. The number of aromatic nitrogens is 1. The Morgan fingerprint density at radius 3 is 2.68 bits per heavy atom. The van der Waals surface area contributed by atoms with E-state index in [1.807, 2.05) is 32.0 Å². The van der Waals surface area contributed by atoms with Crippen LogP contribution in [0.1, 0.15) is 34.0 Å². The highest BCUT2D eigenvalue weighted by atomic mass is 32.2. The van der Waals surface area contributed by atoms with E-state index in [1.54, 1.807) is 54.9 Å². The Labute approximate surface area is 217 Å². The topological polar surface area (TPSA) is 117 Å². The first kappa shape index (κ1) is 24.1. The Bertz CT molecular complexity index is 1500. The molecule has 0 saturated heterocycles. The Balaban J connectivity index is 1.41. The monoisotopic (exact) mass is 511 g/mol. The summed E-state index contributed by atoms with van der Waals surface area (Å²) in [5, 5.41) is 15.3. The molecule has 0 fully saturated rings. The van der Waals surface area contributed by atoms with Crippen molar-refractivity contribution in [3.8, 4) is 11.5 Å². The first-order valence-corrected chi connectivity index (χ1v) is 12.2. The predicted octanol–water partition coefficient (Wildman–Crippen LogP) is 4.68. The van der Waals surface area contributed by atoms with Crippen LogP contribution in [0.3, 0.4) is 0 Å². The number of amides is 1. The number of amidine groups is 2. The van der Waals surface area contributed by atoms with E-state index in [-0.39, 0.29) is 17.2 Å². The van der Waals surface area contributed by atoms with Crippen molar-refractivity contribution in [3.05, 3.63) is 94.8 Å². The highest BCUT2D eigenvalue weighted by Gasteiger charge is 2.36. The van der Waals surface area contributed by atoms with E-state index in [2.05, 4.69) is 15.1 Å². The minimum atomic E-state index is -0.542. The van der Waals surface area contributed by atoms with Crippen LogP contribution in [0.2, 0.25) is 0 Å². The SMILES string of the molecule is CCOc1cc(/C=C2/C(=N)N3N=C(c4cccnc4)SC3=NC2=O)ccc1OC(=O)c1ccc(C)cc1. The number of esters is 1. The van der Waals surface area contributed by atoms with Crippen LogP contribution in [0.4, 0.5) is 0 Å². The molecule has 0 radical (unpaired) electrons. The molecule has 1 aromatic heterocycles. The van der Waals surface area contributed by atoms with E-state index < -0.39 is 11.9 Å². The molecule has 184 valence electrons. The number of fused-ring (bicyclic) bond motifs is 1. The summed E-state index contributed by atoms with van der Waals surface area (Å²) in [6.45, 7) is 4.09. The second-order valence-electron chi connectivity index (χ2n) is 8.06. The molecule has 0 aliphatic carbocycles. The molecule has 2 aromatic carbocycles. The Hall–Kier alpha value is -4.57. The predicted molar refractivity (Wildman–Crippen MR) is 142 cm³/mol. The lowest BCUT2D eigenvalue weighted by atomic mass is 10.1. The zero-order valence-electron chi connectivity index (χ0n) is 20.0. The Morgan fingerprint density at radius 1 is 1.14 bits per heavy atom. The van der Waals surface area contributed by atoms with Crippen LogP contribution < -0.4 is 9.47 Å². The summed E-state index contributed by atoms with van der Waals surface area (Å²) < 4.78 is 11.3. The van der Waals surface area contributed by atoms with E-state index in [1.165, 1.54) is 16.8 Å². The lowest BCUT2D eigenvalue weighted by molar-refractivity contribution is -0.114. The number of hydrazone groups is 1. The van der Waals surface area contributed by atoms with Gasteiger partial charge in [0.15, 0.2) is 17.3 Å². The average Bonchev–Trinajstić information content (AvgIpc) is 3.33. The van der Waals surface area contributed by atoms with Gasteiger partial charge in [0, 0.05) is 18.0 Å². The second-order valence-corrected chi connectivity index (χ2v) is 9.02. The molecule has 0 unspecified atom stereocenters. The molecule has 10 heteroatoms. The molecule has 9 nitrogen and oxygen atoms in total. The van der Waals surface area contributed by atoms with Gasteiger partial charge in [-0.05, 0) is 73.6 Å². The van der Waals surface area contributed by atoms with E-state index in [0.29, 0.717) is 33.7 Å². The van der Waals surface area contributed by atoms with E-state index in [9.17, 15) is 9.59 Å². The molecule has 2 aliphatic rings. The Morgan fingerprint density at radius 2 is 1.95 bits per heavy atom. The summed E-state index contributed by atoms with van der Waals surface area (Å²) in [6, 6.07) is 15.6. The van der Waals surface area contributed by atoms with Crippen molar-refractivity contribution >= 4 is 45.8 Å². The summed E-state index contributed by atoms with van der Waals surface area (Å²) in [5.41, 5.74) is 2.88. The van der Waals surface area contributed by atoms with Gasteiger partial charge in [-0.15, -0.1) is 0 Å². The molecule has 0 spiro atoms. The van der Waals surface area contributed by atoms with Crippen molar-refractivity contribution < 1.29 is 19.1 Å². The molecule has 5 rings (SSSR count). The number of carbonyl (C=O) groups excluding carboxylic acids is 2. The molecule has 1 amide bonds. The number of benzene rings is 2. The van der Waals surface area contributed by atoms with E-state index >= 15 is 0 Å². The van der Waals surface area contributed by atoms with Crippen LogP contribution in [-0.4, -0.2) is 44.5 Å². The van der Waals surface area contributed by atoms with Gasteiger partial charge in [0.25, 0.3) is 5.91 Å². The maximum Gasteiger partial charge on any atom is 0.343 e. The van der Waals surface area contributed by atoms with Gasteiger partial charge in [0.1, 0.15) is 5.04 Å². The van der Waals surface area contributed by atoms with Crippen LogP contribution in [0.25, 0.3) is 6.08 Å². The van der Waals surface area contributed by atoms with Gasteiger partial charge in [-0.3, -0.25) is 15.2 Å². The number of hydrogen-bond acceptors (Lipinski definition) is 8. The van der Waals surface area contributed by atoms with Crippen LogP contribution in [-0.2, 0) is 4.79 Å². The number of aryl methyl sites for hydroxylation is 1. The molecule has 0 saturated carbocycles. The van der Waals surface area contributed by atoms with Crippen molar-refractivity contribution in [1.82, 2.24) is 9.99 Å². The minimum absolute atomic E-state index is 0.0763. The lowest BCUT2D eigenvalue weighted by Crippen LogP contribution is -2.35. The summed E-state index contributed by atoms with van der Waals surface area (Å²) >= 11 is 1.21. The number of aliphatic imine (C=N–C) groups is 1. The third-order valence-corrected chi connectivity index (χ3v) is 6.39. The number of nitrogens with zero attached hydrogens (tertiary/aromatic N) is 4. The number of ether oxygens (including phenoxy) is 2. The van der Waals surface area contributed by atoms with Crippen LogP contribution >= 0.6 is 11.8 Å². The zero-order valence-corrected chi connectivity index (χ0v) is 20.8. The highest BCUT2D eigenvalue weighted by molar-refractivity contribution is 8.27. The molecule has 3 aromatic rings. The number of pyridine rings is 1. The van der Waals surface area contributed by atoms with Crippen LogP contribution in [0, 0.1) is 12.3 Å². The molecule has 37 heavy (non-hydrogen) atoms. The quantitative estimate of drug-likeness (QED) is 0.290. The standard InChI is InChI=1S/C27H21N5O4S/c1-3-35-22-14-17(8-11-21(22)36-26(34)18-9-6-16(2)7-10-18)13-20-23(28)32-27(30-24(20)33)37-25(31-32)19-5-4-12-29-15-19/h4-15,28H,3H2,1-2H3/b20-13-,28-23?. The largest absolute Gasteiger partial charge is 0.490 e. The summed E-state index contributed by atoms with van der Waals surface area (Å²) in [6.07, 6.45) is 4.86. The number of carbonyl (C=O) groups is 2. The van der Waals surface area contributed by atoms with Crippen molar-refractivity contribution in [2.24, 2.45) is 10.1 Å². The fourth-order valence-electron chi connectivity index (χ4n) is 3.58. The first-order valence-electron chi connectivity index (χ1n) is 11.4. The van der Waals surface area contributed by atoms with Crippen LogP contribution in [0.15, 0.2) is 82.7 Å². The number of rotatable bonds is 6. The fourth-order valence-corrected chi connectivity index (χ4v) is 4.46. The van der Waals surface area contributed by atoms with Gasteiger partial charge < -0.3 is 9.47 Å². The molecule has 1 N–H and O–H groups in total. The number of hydrogen-bond donors (Lipinski definition) is 1. The third-order valence-electron chi connectivity index (χ3n) is 5.43. The second kappa shape index (κ2) is 10.2. The third kappa shape index (κ3) is 5.05. The van der Waals surface area contributed by atoms with Gasteiger partial charge in [-0.2, -0.15) is 15.1 Å². The number of nitrogens with one attached hydrogen (secondary N) is 1. The first-order chi connectivity index (χ1) is 17.9. The summed E-state index contributed by atoms with van der Waals surface area (Å²) in [7, 11) is 0. The minimum Gasteiger partial charge on any atom is -0.490 e. The molecular formula is C27H21N5O4S. The molecule has 3 heterocycles. The maximum absolute atomic E-state index is 12.8. The van der Waals surface area contributed by atoms with Crippen molar-refractivity contribution in [1.29, 1.82) is 5.41 Å². The fraction of sp³-hybridized carbons (Fsp3) is 0.111. The van der Waals surface area contributed by atoms with Crippen molar-refractivity contribution in [2.75, 3.05) is 6.61 Å². The van der Waals surface area contributed by atoms with Crippen molar-refractivity contribution in [2.45, 2.75) is 13.8 Å². The molecule has 0 atom stereocenters. The van der Waals surface area contributed by atoms with Gasteiger partial charge in [0.2, 0.25) is 5.17 Å². The zero-order chi connectivity index (χ0) is 25.9. The Kier molecular flexibility index (Phi) is 6.65. The van der Waals surface area contributed by atoms with Gasteiger partial charge in [-0.25, -0.2) is 4.79 Å².